The molecule has 0 bridgehead atoms. The number of aryl methyl sites for hydroxylation is 1. The van der Waals surface area contributed by atoms with Gasteiger partial charge in [-0.1, -0.05) is 30.3 Å². The largest absolute Gasteiger partial charge is 0.497 e. The highest BCUT2D eigenvalue weighted by Crippen LogP contribution is 2.13. The topological polar surface area (TPSA) is 84.5 Å². The lowest BCUT2D eigenvalue weighted by atomic mass is 10.2. The Bertz CT molecular complexity index is 802. The monoisotopic (exact) mass is 348 g/mol. The van der Waals surface area contributed by atoms with Gasteiger partial charge in [-0.2, -0.15) is 0 Å². The van der Waals surface area contributed by atoms with Crippen LogP contribution in [0.1, 0.15) is 11.1 Å². The summed E-state index contributed by atoms with van der Waals surface area (Å²) >= 11 is 0. The Hall–Kier alpha value is -2.38. The van der Waals surface area contributed by atoms with Gasteiger partial charge in [0.1, 0.15) is 5.75 Å². The maximum Gasteiger partial charge on any atom is 0.241 e. The summed E-state index contributed by atoms with van der Waals surface area (Å²) in [5.41, 5.74) is 1.52. The Morgan fingerprint density at radius 2 is 1.75 bits per heavy atom. The molecule has 0 atom stereocenters. The minimum Gasteiger partial charge on any atom is -0.497 e. The van der Waals surface area contributed by atoms with Crippen molar-refractivity contribution in [2.45, 2.75) is 18.4 Å². The molecule has 2 aromatic rings. The van der Waals surface area contributed by atoms with E-state index in [0.29, 0.717) is 12.1 Å². The number of benzene rings is 2. The SMILES string of the molecule is COc1ccc(CNC(=O)CNS(=O)(=O)c2ccccc2C)cc1. The van der Waals surface area contributed by atoms with Crippen LogP contribution >= 0.6 is 0 Å². The van der Waals surface area contributed by atoms with Crippen LogP contribution in [-0.2, 0) is 21.4 Å². The van der Waals surface area contributed by atoms with Gasteiger partial charge in [0.25, 0.3) is 0 Å². The fraction of sp³-hybridized carbons (Fsp3) is 0.235. The van der Waals surface area contributed by atoms with Crippen LogP contribution in [0.5, 0.6) is 5.75 Å². The highest BCUT2D eigenvalue weighted by atomic mass is 32.2. The minimum absolute atomic E-state index is 0.174. The third-order valence-electron chi connectivity index (χ3n) is 3.45. The van der Waals surface area contributed by atoms with Crippen LogP contribution in [0.25, 0.3) is 0 Å². The van der Waals surface area contributed by atoms with Gasteiger partial charge in [0.15, 0.2) is 0 Å². The van der Waals surface area contributed by atoms with E-state index >= 15 is 0 Å². The fourth-order valence-corrected chi connectivity index (χ4v) is 3.33. The van der Waals surface area contributed by atoms with Crippen LogP contribution in [0.4, 0.5) is 0 Å². The van der Waals surface area contributed by atoms with E-state index in [9.17, 15) is 13.2 Å². The average Bonchev–Trinajstić information content (AvgIpc) is 2.59. The second-order valence-corrected chi connectivity index (χ2v) is 6.95. The number of hydrogen-bond donors (Lipinski definition) is 2. The third kappa shape index (κ3) is 4.81. The van der Waals surface area contributed by atoms with E-state index in [1.807, 2.05) is 12.1 Å². The number of methoxy groups -OCH3 is 1. The number of hydrogen-bond acceptors (Lipinski definition) is 4. The number of rotatable bonds is 7. The van der Waals surface area contributed by atoms with Gasteiger partial charge in [0.05, 0.1) is 18.6 Å². The van der Waals surface area contributed by atoms with E-state index < -0.39 is 15.9 Å². The van der Waals surface area contributed by atoms with Crippen molar-refractivity contribution < 1.29 is 17.9 Å². The first-order valence-corrected chi connectivity index (χ1v) is 8.85. The van der Waals surface area contributed by atoms with E-state index in [1.165, 1.54) is 6.07 Å². The van der Waals surface area contributed by atoms with Crippen molar-refractivity contribution >= 4 is 15.9 Å². The Labute approximate surface area is 141 Å². The maximum absolute atomic E-state index is 12.2. The fourth-order valence-electron chi connectivity index (χ4n) is 2.10. The van der Waals surface area contributed by atoms with Gasteiger partial charge in [-0.15, -0.1) is 0 Å². The summed E-state index contributed by atoms with van der Waals surface area (Å²) in [6.45, 7) is 1.71. The molecule has 0 unspecified atom stereocenters. The summed E-state index contributed by atoms with van der Waals surface area (Å²) in [7, 11) is -2.12. The summed E-state index contributed by atoms with van der Waals surface area (Å²) in [5.74, 6) is 0.332. The molecule has 0 fully saturated rings. The molecule has 7 heteroatoms. The van der Waals surface area contributed by atoms with Crippen molar-refractivity contribution in [1.29, 1.82) is 0 Å². The van der Waals surface area contributed by atoms with Gasteiger partial charge in [0.2, 0.25) is 15.9 Å². The molecule has 0 saturated carbocycles. The molecule has 24 heavy (non-hydrogen) atoms. The van der Waals surface area contributed by atoms with Gasteiger partial charge in [-0.05, 0) is 36.2 Å². The van der Waals surface area contributed by atoms with Crippen LogP contribution in [0, 0.1) is 6.92 Å². The van der Waals surface area contributed by atoms with Crippen LogP contribution in [-0.4, -0.2) is 28.0 Å². The molecule has 2 aromatic carbocycles. The van der Waals surface area contributed by atoms with E-state index in [2.05, 4.69) is 10.0 Å². The molecule has 0 heterocycles. The summed E-state index contributed by atoms with van der Waals surface area (Å²) in [5, 5.41) is 2.67. The normalized spacial score (nSPS) is 11.1. The summed E-state index contributed by atoms with van der Waals surface area (Å²) < 4.78 is 31.8. The highest BCUT2D eigenvalue weighted by Gasteiger charge is 2.17. The molecular weight excluding hydrogens is 328 g/mol. The summed E-state index contributed by atoms with van der Waals surface area (Å²) in [6.07, 6.45) is 0. The molecule has 6 nitrogen and oxygen atoms in total. The zero-order valence-corrected chi connectivity index (χ0v) is 14.4. The zero-order chi connectivity index (χ0) is 17.6. The van der Waals surface area contributed by atoms with E-state index in [-0.39, 0.29) is 11.4 Å². The first-order valence-electron chi connectivity index (χ1n) is 7.37. The molecular formula is C17H20N2O4S. The van der Waals surface area contributed by atoms with Crippen molar-refractivity contribution in [2.75, 3.05) is 13.7 Å². The number of nitrogens with one attached hydrogen (secondary N) is 2. The standard InChI is InChI=1S/C17H20N2O4S/c1-13-5-3-4-6-16(13)24(21,22)19-12-17(20)18-11-14-7-9-15(23-2)10-8-14/h3-10,19H,11-12H2,1-2H3,(H,18,20). The molecule has 1 amide bonds. The molecule has 0 saturated heterocycles. The molecule has 2 N–H and O–H groups in total. The number of sulfonamides is 1. The van der Waals surface area contributed by atoms with Crippen LogP contribution in [0.3, 0.4) is 0 Å². The number of carbonyl (C=O) groups is 1. The highest BCUT2D eigenvalue weighted by molar-refractivity contribution is 7.89. The van der Waals surface area contributed by atoms with Crippen LogP contribution in [0.15, 0.2) is 53.4 Å². The third-order valence-corrected chi connectivity index (χ3v) is 5.02. The van der Waals surface area contributed by atoms with Crippen molar-refractivity contribution in [3.8, 4) is 5.75 Å². The molecule has 0 aromatic heterocycles. The van der Waals surface area contributed by atoms with Gasteiger partial charge in [-0.25, -0.2) is 13.1 Å². The zero-order valence-electron chi connectivity index (χ0n) is 13.6. The van der Waals surface area contributed by atoms with Crippen LogP contribution in [0.2, 0.25) is 0 Å². The Morgan fingerprint density at radius 1 is 1.08 bits per heavy atom. The molecule has 0 aliphatic rings. The predicted octanol–water partition coefficient (Wildman–Crippen LogP) is 1.60. The summed E-state index contributed by atoms with van der Waals surface area (Å²) in [4.78, 5) is 12.0. The minimum atomic E-state index is -3.71. The van der Waals surface area contributed by atoms with Crippen molar-refractivity contribution in [2.24, 2.45) is 0 Å². The first kappa shape index (κ1) is 18.0. The lowest BCUT2D eigenvalue weighted by Crippen LogP contribution is -2.36. The molecule has 0 spiro atoms. The second kappa shape index (κ2) is 7.94. The Morgan fingerprint density at radius 3 is 2.38 bits per heavy atom. The smallest absolute Gasteiger partial charge is 0.241 e. The quantitative estimate of drug-likeness (QED) is 0.796. The maximum atomic E-state index is 12.2. The average molecular weight is 348 g/mol. The number of carbonyl (C=O) groups excluding carboxylic acids is 1. The van der Waals surface area contributed by atoms with Crippen LogP contribution < -0.4 is 14.8 Å². The van der Waals surface area contributed by atoms with E-state index in [4.69, 9.17) is 4.74 Å². The Balaban J connectivity index is 1.87. The van der Waals surface area contributed by atoms with Gasteiger partial charge in [0, 0.05) is 6.54 Å². The van der Waals surface area contributed by atoms with Gasteiger partial charge in [-0.3, -0.25) is 4.79 Å². The number of amides is 1. The lowest BCUT2D eigenvalue weighted by Gasteiger charge is -2.10. The first-order chi connectivity index (χ1) is 11.4. The van der Waals surface area contributed by atoms with E-state index in [1.54, 1.807) is 44.4 Å². The van der Waals surface area contributed by atoms with Gasteiger partial charge < -0.3 is 10.1 Å². The second-order valence-electron chi connectivity index (χ2n) is 5.21. The summed E-state index contributed by atoms with van der Waals surface area (Å²) in [6, 6.07) is 13.9. The van der Waals surface area contributed by atoms with E-state index in [0.717, 1.165) is 11.3 Å². The van der Waals surface area contributed by atoms with Gasteiger partial charge >= 0.3 is 0 Å². The Kier molecular flexibility index (Phi) is 5.94. The van der Waals surface area contributed by atoms with Crippen molar-refractivity contribution in [3.63, 3.8) is 0 Å². The molecule has 0 aliphatic heterocycles. The lowest BCUT2D eigenvalue weighted by molar-refractivity contribution is -0.120. The number of ether oxygens (including phenoxy) is 1. The van der Waals surface area contributed by atoms with Crippen molar-refractivity contribution in [1.82, 2.24) is 10.0 Å². The molecule has 128 valence electrons. The molecule has 2 rings (SSSR count). The van der Waals surface area contributed by atoms with Crippen molar-refractivity contribution in [3.05, 3.63) is 59.7 Å². The predicted molar refractivity (Wildman–Crippen MR) is 91.2 cm³/mol. The molecule has 0 radical (unpaired) electrons. The molecule has 0 aliphatic carbocycles.